The molecular formula is C25H22N4O3S. The standard InChI is InChI=1S/C25H22N4O3S/c1-15-27-24-22(19-10-3-5-12-21(19)33-24)25(32)29(15)18-9-6-8-16(13-18)23(31)28-26-14-17-7-2-4-11-20(17)30/h2,4,6-9,11,13-14,30H,3,5,10,12H2,1H3,(H,28,31)/b26-14+. The number of hydrogen-bond acceptors (Lipinski definition) is 6. The van der Waals surface area contributed by atoms with E-state index >= 15 is 0 Å². The monoisotopic (exact) mass is 458 g/mol. The molecule has 4 aromatic rings. The lowest BCUT2D eigenvalue weighted by atomic mass is 9.97. The van der Waals surface area contributed by atoms with Crippen molar-refractivity contribution in [3.05, 3.63) is 86.3 Å². The Hall–Kier alpha value is -3.78. The Morgan fingerprint density at radius 3 is 2.85 bits per heavy atom. The van der Waals surface area contributed by atoms with Crippen LogP contribution in [0.1, 0.15) is 45.0 Å². The number of phenols is 1. The van der Waals surface area contributed by atoms with Crippen molar-refractivity contribution >= 4 is 33.7 Å². The molecule has 1 aliphatic carbocycles. The molecule has 7 nitrogen and oxygen atoms in total. The van der Waals surface area contributed by atoms with Gasteiger partial charge in [0, 0.05) is 16.0 Å². The summed E-state index contributed by atoms with van der Waals surface area (Å²) in [5.41, 5.74) is 4.95. The molecule has 0 aliphatic heterocycles. The van der Waals surface area contributed by atoms with E-state index in [2.05, 4.69) is 10.5 Å². The third-order valence-electron chi connectivity index (χ3n) is 5.83. The normalized spacial score (nSPS) is 13.4. The van der Waals surface area contributed by atoms with Crippen molar-refractivity contribution in [2.45, 2.75) is 32.6 Å². The van der Waals surface area contributed by atoms with Crippen molar-refractivity contribution in [3.63, 3.8) is 0 Å². The number of benzene rings is 2. The first-order valence-corrected chi connectivity index (χ1v) is 11.6. The summed E-state index contributed by atoms with van der Waals surface area (Å²) in [6.45, 7) is 1.81. The topological polar surface area (TPSA) is 96.6 Å². The molecule has 2 N–H and O–H groups in total. The predicted octanol–water partition coefficient (Wildman–Crippen LogP) is 4.10. The lowest BCUT2D eigenvalue weighted by molar-refractivity contribution is 0.0955. The molecule has 0 fully saturated rings. The number of fused-ring (bicyclic) bond motifs is 3. The van der Waals surface area contributed by atoms with Gasteiger partial charge < -0.3 is 5.11 Å². The molecule has 1 aliphatic rings. The van der Waals surface area contributed by atoms with E-state index in [1.165, 1.54) is 11.1 Å². The highest BCUT2D eigenvalue weighted by atomic mass is 32.1. The molecule has 0 atom stereocenters. The van der Waals surface area contributed by atoms with Crippen molar-refractivity contribution in [3.8, 4) is 11.4 Å². The Bertz CT molecular complexity index is 1470. The van der Waals surface area contributed by atoms with Gasteiger partial charge in [-0.1, -0.05) is 18.2 Å². The van der Waals surface area contributed by atoms with Crippen LogP contribution < -0.4 is 11.0 Å². The zero-order valence-electron chi connectivity index (χ0n) is 18.0. The summed E-state index contributed by atoms with van der Waals surface area (Å²) in [7, 11) is 0. The number of phenolic OH excluding ortho intramolecular Hbond substituents is 1. The molecule has 1 amide bonds. The second-order valence-corrected chi connectivity index (χ2v) is 9.08. The Kier molecular flexibility index (Phi) is 5.51. The number of para-hydroxylation sites is 1. The second kappa shape index (κ2) is 8.63. The molecular weight excluding hydrogens is 436 g/mol. The van der Waals surface area contributed by atoms with Gasteiger partial charge in [0.1, 0.15) is 16.4 Å². The highest BCUT2D eigenvalue weighted by molar-refractivity contribution is 7.18. The summed E-state index contributed by atoms with van der Waals surface area (Å²) in [6.07, 6.45) is 5.53. The minimum Gasteiger partial charge on any atom is -0.507 e. The summed E-state index contributed by atoms with van der Waals surface area (Å²) in [5, 5.41) is 14.4. The van der Waals surface area contributed by atoms with E-state index in [0.29, 0.717) is 28.0 Å². The van der Waals surface area contributed by atoms with Crippen molar-refractivity contribution in [2.75, 3.05) is 0 Å². The lowest BCUT2D eigenvalue weighted by Gasteiger charge is -2.12. The number of carbonyl (C=O) groups is 1. The molecule has 0 spiro atoms. The van der Waals surface area contributed by atoms with Crippen molar-refractivity contribution in [1.29, 1.82) is 0 Å². The Morgan fingerprint density at radius 1 is 1.18 bits per heavy atom. The number of hydrogen-bond donors (Lipinski definition) is 2. The first-order chi connectivity index (χ1) is 16.0. The van der Waals surface area contributed by atoms with Gasteiger partial charge in [-0.15, -0.1) is 11.3 Å². The first kappa shape index (κ1) is 21.1. The van der Waals surface area contributed by atoms with E-state index in [1.807, 2.05) is 6.92 Å². The predicted molar refractivity (Wildman–Crippen MR) is 130 cm³/mol. The fraction of sp³-hybridized carbons (Fsp3) is 0.200. The van der Waals surface area contributed by atoms with Crippen LogP contribution in [0.3, 0.4) is 0 Å². The largest absolute Gasteiger partial charge is 0.507 e. The molecule has 0 bridgehead atoms. The number of nitrogens with zero attached hydrogens (tertiary/aromatic N) is 3. The highest BCUT2D eigenvalue weighted by Gasteiger charge is 2.22. The molecule has 0 radical (unpaired) electrons. The van der Waals surface area contributed by atoms with E-state index in [0.717, 1.165) is 36.1 Å². The SMILES string of the molecule is Cc1nc2sc3c(c2c(=O)n1-c1cccc(C(=O)N/N=C/c2ccccc2O)c1)CCCC3. The van der Waals surface area contributed by atoms with Crippen molar-refractivity contribution in [1.82, 2.24) is 15.0 Å². The Morgan fingerprint density at radius 2 is 2.00 bits per heavy atom. The maximum absolute atomic E-state index is 13.5. The molecule has 2 aromatic heterocycles. The van der Waals surface area contributed by atoms with Crippen molar-refractivity contribution in [2.24, 2.45) is 5.10 Å². The van der Waals surface area contributed by atoms with Gasteiger partial charge in [-0.25, -0.2) is 10.4 Å². The molecule has 33 heavy (non-hydrogen) atoms. The third-order valence-corrected chi connectivity index (χ3v) is 7.02. The summed E-state index contributed by atoms with van der Waals surface area (Å²) in [4.78, 5) is 32.9. The van der Waals surface area contributed by atoms with Gasteiger partial charge in [0.05, 0.1) is 17.3 Å². The molecule has 0 saturated carbocycles. The summed E-state index contributed by atoms with van der Waals surface area (Å²) in [6, 6.07) is 13.5. The van der Waals surface area contributed by atoms with Crippen LogP contribution in [0.2, 0.25) is 0 Å². The number of rotatable bonds is 4. The number of carbonyl (C=O) groups excluding carboxylic acids is 1. The van der Waals surface area contributed by atoms with Gasteiger partial charge in [0.2, 0.25) is 0 Å². The molecule has 0 saturated heterocycles. The molecule has 166 valence electrons. The zero-order chi connectivity index (χ0) is 22.9. The van der Waals surface area contributed by atoms with Crippen LogP contribution in [-0.2, 0) is 12.8 Å². The number of thiophene rings is 1. The number of aromatic nitrogens is 2. The number of nitrogens with one attached hydrogen (secondary N) is 1. The zero-order valence-corrected chi connectivity index (χ0v) is 18.9. The molecule has 0 unspecified atom stereocenters. The van der Waals surface area contributed by atoms with E-state index in [4.69, 9.17) is 4.98 Å². The molecule has 2 aromatic carbocycles. The second-order valence-electron chi connectivity index (χ2n) is 8.00. The van der Waals surface area contributed by atoms with Crippen LogP contribution in [0.4, 0.5) is 0 Å². The number of aromatic hydroxyl groups is 1. The third kappa shape index (κ3) is 3.93. The van der Waals surface area contributed by atoms with Gasteiger partial charge in [-0.05, 0) is 68.5 Å². The first-order valence-electron chi connectivity index (χ1n) is 10.8. The van der Waals surface area contributed by atoms with Crippen LogP contribution in [-0.4, -0.2) is 26.8 Å². The highest BCUT2D eigenvalue weighted by Crippen LogP contribution is 2.34. The van der Waals surface area contributed by atoms with E-state index in [1.54, 1.807) is 64.4 Å². The van der Waals surface area contributed by atoms with Crippen molar-refractivity contribution < 1.29 is 9.90 Å². The average Bonchev–Trinajstić information content (AvgIpc) is 3.19. The van der Waals surface area contributed by atoms with E-state index in [9.17, 15) is 14.7 Å². The maximum Gasteiger partial charge on any atom is 0.271 e. The van der Waals surface area contributed by atoms with Crippen LogP contribution in [0.5, 0.6) is 5.75 Å². The summed E-state index contributed by atoms with van der Waals surface area (Å²) >= 11 is 1.63. The number of aryl methyl sites for hydroxylation is 3. The van der Waals surface area contributed by atoms with Crippen LogP contribution in [0.15, 0.2) is 58.4 Å². The van der Waals surface area contributed by atoms with Gasteiger partial charge in [0.25, 0.3) is 11.5 Å². The lowest BCUT2D eigenvalue weighted by Crippen LogP contribution is -2.23. The fourth-order valence-corrected chi connectivity index (χ4v) is 5.52. The maximum atomic E-state index is 13.5. The van der Waals surface area contributed by atoms with E-state index < -0.39 is 5.91 Å². The van der Waals surface area contributed by atoms with Crippen LogP contribution in [0, 0.1) is 6.92 Å². The fourth-order valence-electron chi connectivity index (χ4n) is 4.22. The number of hydrazone groups is 1. The summed E-state index contributed by atoms with van der Waals surface area (Å²) in [5.74, 6) is 0.239. The van der Waals surface area contributed by atoms with Gasteiger partial charge >= 0.3 is 0 Å². The minimum atomic E-state index is -0.420. The Labute approximate surface area is 194 Å². The molecule has 2 heterocycles. The molecule has 8 heteroatoms. The average molecular weight is 459 g/mol. The van der Waals surface area contributed by atoms with Gasteiger partial charge in [-0.2, -0.15) is 5.10 Å². The number of amides is 1. The molecule has 5 rings (SSSR count). The van der Waals surface area contributed by atoms with E-state index in [-0.39, 0.29) is 11.3 Å². The minimum absolute atomic E-state index is 0.0749. The quantitative estimate of drug-likeness (QED) is 0.355. The van der Waals surface area contributed by atoms with Gasteiger partial charge in [-0.3, -0.25) is 14.2 Å². The van der Waals surface area contributed by atoms with Crippen LogP contribution >= 0.6 is 11.3 Å². The van der Waals surface area contributed by atoms with Crippen LogP contribution in [0.25, 0.3) is 15.9 Å². The smallest absolute Gasteiger partial charge is 0.271 e. The summed E-state index contributed by atoms with van der Waals surface area (Å²) < 4.78 is 1.58. The Balaban J connectivity index is 1.47. The van der Waals surface area contributed by atoms with Gasteiger partial charge in [0.15, 0.2) is 0 Å².